The number of aromatic nitrogens is 2. The molecule has 1 atom stereocenters. The predicted octanol–water partition coefficient (Wildman–Crippen LogP) is 3.43. The number of aryl methyl sites for hydroxylation is 2. The van der Waals surface area contributed by atoms with Crippen LogP contribution < -0.4 is 4.90 Å². The highest BCUT2D eigenvalue weighted by atomic mass is 32.1. The molecule has 3 heterocycles. The second-order valence-corrected chi connectivity index (χ2v) is 9.18. The molecule has 0 unspecified atom stereocenters. The van der Waals surface area contributed by atoms with Gasteiger partial charge < -0.3 is 9.80 Å². The van der Waals surface area contributed by atoms with Crippen molar-refractivity contribution in [3.8, 4) is 0 Å². The summed E-state index contributed by atoms with van der Waals surface area (Å²) in [6, 6.07) is 0. The number of piperazine rings is 1. The van der Waals surface area contributed by atoms with Crippen molar-refractivity contribution in [3.63, 3.8) is 0 Å². The fourth-order valence-corrected chi connectivity index (χ4v) is 5.58. The Morgan fingerprint density at radius 2 is 1.92 bits per heavy atom. The minimum Gasteiger partial charge on any atom is -0.352 e. The van der Waals surface area contributed by atoms with Crippen LogP contribution in [0, 0.1) is 18.8 Å². The molecule has 0 spiro atoms. The van der Waals surface area contributed by atoms with Crippen LogP contribution in [0.1, 0.15) is 43.5 Å². The summed E-state index contributed by atoms with van der Waals surface area (Å²) in [6.07, 6.45) is 3.57. The normalized spacial score (nSPS) is 20.7. The van der Waals surface area contributed by atoms with Gasteiger partial charge in [-0.05, 0) is 37.7 Å². The number of hydrogen-bond acceptors (Lipinski definition) is 5. The first-order chi connectivity index (χ1) is 12.4. The number of carbonyl (C=O) groups is 1. The zero-order valence-corrected chi connectivity index (χ0v) is 17.0. The summed E-state index contributed by atoms with van der Waals surface area (Å²) in [5.41, 5.74) is 1.48. The smallest absolute Gasteiger partial charge is 0.225 e. The largest absolute Gasteiger partial charge is 0.352 e. The van der Waals surface area contributed by atoms with Crippen molar-refractivity contribution in [2.45, 2.75) is 47.0 Å². The van der Waals surface area contributed by atoms with Gasteiger partial charge in [0.2, 0.25) is 5.91 Å². The zero-order valence-electron chi connectivity index (χ0n) is 16.2. The third-order valence-corrected chi connectivity index (χ3v) is 6.78. The summed E-state index contributed by atoms with van der Waals surface area (Å²) >= 11 is 1.86. The van der Waals surface area contributed by atoms with Gasteiger partial charge in [0, 0.05) is 37.0 Å². The van der Waals surface area contributed by atoms with Gasteiger partial charge in [-0.25, -0.2) is 9.97 Å². The van der Waals surface area contributed by atoms with E-state index < -0.39 is 0 Å². The maximum atomic E-state index is 12.3. The molecule has 0 radical (unpaired) electrons. The number of nitrogens with zero attached hydrogens (tertiary/aromatic N) is 4. The van der Waals surface area contributed by atoms with Crippen LogP contribution in [-0.2, 0) is 17.6 Å². The number of rotatable bonds is 2. The molecule has 0 N–H and O–H groups in total. The van der Waals surface area contributed by atoms with Crippen LogP contribution in [0.2, 0.25) is 0 Å². The third-order valence-electron chi connectivity index (χ3n) is 5.63. The minimum atomic E-state index is 0.0698. The van der Waals surface area contributed by atoms with E-state index in [0.717, 1.165) is 55.0 Å². The topological polar surface area (TPSA) is 49.3 Å². The average molecular weight is 373 g/mol. The van der Waals surface area contributed by atoms with Crippen molar-refractivity contribution in [2.75, 3.05) is 31.1 Å². The van der Waals surface area contributed by atoms with Gasteiger partial charge in [0.15, 0.2) is 0 Å². The molecule has 5 nitrogen and oxygen atoms in total. The van der Waals surface area contributed by atoms with E-state index in [9.17, 15) is 4.79 Å². The predicted molar refractivity (Wildman–Crippen MR) is 107 cm³/mol. The SMILES string of the molecule is Cc1nc(N2CCN(C(=O)C(C)C)CC2)c2c3c(sc2n1)C[C@@H](C)CC3. The van der Waals surface area contributed by atoms with Crippen molar-refractivity contribution in [1.29, 1.82) is 0 Å². The van der Waals surface area contributed by atoms with Gasteiger partial charge in [0.25, 0.3) is 0 Å². The molecular weight excluding hydrogens is 344 g/mol. The monoisotopic (exact) mass is 372 g/mol. The van der Waals surface area contributed by atoms with Crippen LogP contribution in [-0.4, -0.2) is 47.0 Å². The lowest BCUT2D eigenvalue weighted by molar-refractivity contribution is -0.134. The first-order valence-electron chi connectivity index (χ1n) is 9.76. The summed E-state index contributed by atoms with van der Waals surface area (Å²) in [4.78, 5) is 28.9. The van der Waals surface area contributed by atoms with Gasteiger partial charge in [-0.2, -0.15) is 0 Å². The van der Waals surface area contributed by atoms with Crippen LogP contribution in [0.25, 0.3) is 10.2 Å². The number of amides is 1. The van der Waals surface area contributed by atoms with E-state index in [-0.39, 0.29) is 11.8 Å². The second-order valence-electron chi connectivity index (χ2n) is 8.09. The summed E-state index contributed by atoms with van der Waals surface area (Å²) < 4.78 is 0. The number of fused-ring (bicyclic) bond motifs is 3. The van der Waals surface area contributed by atoms with Crippen LogP contribution in [0.5, 0.6) is 0 Å². The number of anilines is 1. The summed E-state index contributed by atoms with van der Waals surface area (Å²) in [7, 11) is 0. The van der Waals surface area contributed by atoms with Crippen molar-refractivity contribution < 1.29 is 4.79 Å². The molecule has 2 aromatic rings. The summed E-state index contributed by atoms with van der Waals surface area (Å²) in [5.74, 6) is 3.03. The van der Waals surface area contributed by atoms with Gasteiger partial charge in [0.05, 0.1) is 5.39 Å². The van der Waals surface area contributed by atoms with E-state index in [1.807, 2.05) is 37.0 Å². The Morgan fingerprint density at radius 1 is 1.19 bits per heavy atom. The van der Waals surface area contributed by atoms with Crippen LogP contribution in [0.4, 0.5) is 5.82 Å². The second kappa shape index (κ2) is 6.80. The van der Waals surface area contributed by atoms with Crippen molar-refractivity contribution >= 4 is 33.3 Å². The third kappa shape index (κ3) is 3.08. The molecule has 1 fully saturated rings. The van der Waals surface area contributed by atoms with Crippen molar-refractivity contribution in [2.24, 2.45) is 11.8 Å². The Bertz CT molecular complexity index is 836. The molecule has 0 bridgehead atoms. The zero-order chi connectivity index (χ0) is 18.4. The van der Waals surface area contributed by atoms with E-state index in [1.165, 1.54) is 28.7 Å². The Hall–Kier alpha value is -1.69. The Kier molecular flexibility index (Phi) is 4.63. The first-order valence-corrected chi connectivity index (χ1v) is 10.6. The van der Waals surface area contributed by atoms with E-state index >= 15 is 0 Å². The number of carbonyl (C=O) groups excluding carboxylic acids is 1. The fraction of sp³-hybridized carbons (Fsp3) is 0.650. The Labute approximate surface area is 159 Å². The molecule has 6 heteroatoms. The summed E-state index contributed by atoms with van der Waals surface area (Å²) in [6.45, 7) is 11.6. The molecule has 0 saturated carbocycles. The molecule has 26 heavy (non-hydrogen) atoms. The Balaban J connectivity index is 1.66. The maximum Gasteiger partial charge on any atom is 0.225 e. The van der Waals surface area contributed by atoms with E-state index in [1.54, 1.807) is 0 Å². The molecular formula is C20H28N4OS. The molecule has 140 valence electrons. The van der Waals surface area contributed by atoms with Gasteiger partial charge in [-0.15, -0.1) is 11.3 Å². The van der Waals surface area contributed by atoms with E-state index in [4.69, 9.17) is 9.97 Å². The van der Waals surface area contributed by atoms with Gasteiger partial charge in [0.1, 0.15) is 16.5 Å². The van der Waals surface area contributed by atoms with Gasteiger partial charge in [-0.1, -0.05) is 20.8 Å². The summed E-state index contributed by atoms with van der Waals surface area (Å²) in [5, 5.41) is 1.28. The lowest BCUT2D eigenvalue weighted by Gasteiger charge is -2.36. The molecule has 2 aromatic heterocycles. The molecule has 2 aliphatic rings. The highest BCUT2D eigenvalue weighted by molar-refractivity contribution is 7.19. The Morgan fingerprint density at radius 3 is 2.62 bits per heavy atom. The number of thiophene rings is 1. The van der Waals surface area contributed by atoms with Gasteiger partial charge in [-0.3, -0.25) is 4.79 Å². The van der Waals surface area contributed by atoms with Crippen molar-refractivity contribution in [1.82, 2.24) is 14.9 Å². The highest BCUT2D eigenvalue weighted by Crippen LogP contribution is 2.41. The highest BCUT2D eigenvalue weighted by Gasteiger charge is 2.28. The number of hydrogen-bond donors (Lipinski definition) is 0. The average Bonchev–Trinajstić information content (AvgIpc) is 2.97. The van der Waals surface area contributed by atoms with E-state index in [0.29, 0.717) is 0 Å². The standard InChI is InChI=1S/C20H28N4OS/c1-12(2)20(25)24-9-7-23(8-10-24)18-17-15-6-5-13(3)11-16(15)26-19(17)22-14(4)21-18/h12-13H,5-11H2,1-4H3/t13-/m0/s1. The molecule has 1 saturated heterocycles. The molecule has 4 rings (SSSR count). The van der Waals surface area contributed by atoms with E-state index in [2.05, 4.69) is 11.8 Å². The minimum absolute atomic E-state index is 0.0698. The van der Waals surface area contributed by atoms with Gasteiger partial charge >= 0.3 is 0 Å². The molecule has 0 aromatic carbocycles. The molecule has 1 amide bonds. The molecule has 1 aliphatic carbocycles. The van der Waals surface area contributed by atoms with Crippen molar-refractivity contribution in [3.05, 3.63) is 16.3 Å². The lowest BCUT2D eigenvalue weighted by atomic mass is 9.89. The van der Waals surface area contributed by atoms with Crippen LogP contribution in [0.3, 0.4) is 0 Å². The van der Waals surface area contributed by atoms with Crippen LogP contribution in [0.15, 0.2) is 0 Å². The quantitative estimate of drug-likeness (QED) is 0.810. The molecule has 1 aliphatic heterocycles. The van der Waals surface area contributed by atoms with Crippen LogP contribution >= 0.6 is 11.3 Å². The maximum absolute atomic E-state index is 12.3. The lowest BCUT2D eigenvalue weighted by Crippen LogP contribution is -2.50. The first kappa shape index (κ1) is 17.7. The fourth-order valence-electron chi connectivity index (χ4n) is 4.16.